The largest absolute Gasteiger partial charge is 1.00 e. The van der Waals surface area contributed by atoms with Gasteiger partial charge in [0.2, 0.25) is 9.28 Å². The fourth-order valence-corrected chi connectivity index (χ4v) is 2.19. The molecule has 0 saturated heterocycles. The van der Waals surface area contributed by atoms with Crippen LogP contribution in [0.5, 0.6) is 0 Å². The van der Waals surface area contributed by atoms with E-state index in [2.05, 4.69) is 30.9 Å². The second-order valence-electron chi connectivity index (χ2n) is 3.44. The minimum atomic E-state index is 0. The van der Waals surface area contributed by atoms with Crippen LogP contribution in [-0.4, -0.2) is 66.4 Å². The summed E-state index contributed by atoms with van der Waals surface area (Å²) in [5.74, 6) is 0. The molecule has 0 saturated carbocycles. The van der Waals surface area contributed by atoms with Gasteiger partial charge in [-0.25, -0.2) is 0 Å². The molecule has 0 aliphatic heterocycles. The van der Waals surface area contributed by atoms with Crippen LogP contribution in [0.4, 0.5) is 0 Å². The number of hydrogen-bond acceptors (Lipinski definition) is 1. The highest BCUT2D eigenvalue weighted by molar-refractivity contribution is 7.21. The molecule has 0 aromatic rings. The average molecular weight is 237 g/mol. The summed E-state index contributed by atoms with van der Waals surface area (Å²) < 4.78 is 6.39. The third-order valence-corrected chi connectivity index (χ3v) is 3.31. The molecule has 0 aromatic carbocycles. The van der Waals surface area contributed by atoms with E-state index < -0.39 is 0 Å². The maximum absolute atomic E-state index is 5.36. The van der Waals surface area contributed by atoms with Gasteiger partial charge in [-0.1, -0.05) is 0 Å². The van der Waals surface area contributed by atoms with Gasteiger partial charge in [0.05, 0.1) is 27.7 Å². The molecule has 0 heterocycles. The lowest BCUT2D eigenvalue weighted by atomic mass is 10.4. The van der Waals surface area contributed by atoms with E-state index in [4.69, 9.17) is 4.43 Å². The SMILES string of the molecule is C[N+](C)(C)CCCO[Si][Si][Si].[Cl-]. The van der Waals surface area contributed by atoms with E-state index in [0.29, 0.717) is 9.28 Å². The van der Waals surface area contributed by atoms with Gasteiger partial charge < -0.3 is 21.3 Å². The van der Waals surface area contributed by atoms with Gasteiger partial charge in [-0.2, -0.15) is 0 Å². The normalized spacial score (nSPS) is 11.0. The lowest BCUT2D eigenvalue weighted by Gasteiger charge is -2.23. The van der Waals surface area contributed by atoms with Gasteiger partial charge in [0.15, 0.2) is 0 Å². The Bertz CT molecular complexity index is 99.3. The Balaban J connectivity index is 0. The average Bonchev–Trinajstić information content (AvgIpc) is 1.85. The quantitative estimate of drug-likeness (QED) is 0.264. The zero-order valence-corrected chi connectivity index (χ0v) is 11.6. The van der Waals surface area contributed by atoms with Crippen LogP contribution in [0.15, 0.2) is 0 Å². The first-order chi connectivity index (χ1) is 5.06. The predicted octanol–water partition coefficient (Wildman–Crippen LogP) is -3.57. The highest BCUT2D eigenvalue weighted by Crippen LogP contribution is 1.92. The van der Waals surface area contributed by atoms with Crippen molar-refractivity contribution in [3.63, 3.8) is 0 Å². The second kappa shape index (κ2) is 8.46. The van der Waals surface area contributed by atoms with Crippen LogP contribution < -0.4 is 12.4 Å². The maximum Gasteiger partial charge on any atom is 0.201 e. The van der Waals surface area contributed by atoms with Gasteiger partial charge in [0.25, 0.3) is 0 Å². The van der Waals surface area contributed by atoms with Crippen LogP contribution in [0.2, 0.25) is 0 Å². The zero-order valence-electron chi connectivity index (χ0n) is 7.85. The molecule has 0 atom stereocenters. The molecule has 0 N–H and O–H groups in total. The van der Waals surface area contributed by atoms with Gasteiger partial charge in [0, 0.05) is 31.3 Å². The van der Waals surface area contributed by atoms with Gasteiger partial charge in [-0.3, -0.25) is 0 Å². The molecule has 0 amide bonds. The molecule has 0 aromatic heterocycles. The molecule has 2 nitrogen and oxygen atoms in total. The van der Waals surface area contributed by atoms with Crippen molar-refractivity contribution in [3.8, 4) is 0 Å². The van der Waals surface area contributed by atoms with Crippen molar-refractivity contribution >= 4 is 27.6 Å². The van der Waals surface area contributed by atoms with Crippen molar-refractivity contribution in [2.24, 2.45) is 0 Å². The van der Waals surface area contributed by atoms with Crippen molar-refractivity contribution in [3.05, 3.63) is 0 Å². The molecule has 7 radical (unpaired) electrons. The summed E-state index contributed by atoms with van der Waals surface area (Å²) in [6.07, 6.45) is 1.16. The van der Waals surface area contributed by atoms with Crippen molar-refractivity contribution in [2.75, 3.05) is 34.3 Å². The molecule has 0 rings (SSSR count). The first-order valence-corrected chi connectivity index (χ1v) is 8.06. The molecule has 6 heteroatoms. The highest BCUT2D eigenvalue weighted by Gasteiger charge is 2.04. The van der Waals surface area contributed by atoms with Crippen molar-refractivity contribution in [1.82, 2.24) is 0 Å². The summed E-state index contributed by atoms with van der Waals surface area (Å²) in [6.45, 7) is 2.10. The monoisotopic (exact) mass is 236 g/mol. The summed E-state index contributed by atoms with van der Waals surface area (Å²) in [4.78, 5) is 0. The Morgan fingerprint density at radius 3 is 2.33 bits per heavy atom. The van der Waals surface area contributed by atoms with E-state index in [-0.39, 0.29) is 12.4 Å². The molecule has 12 heavy (non-hydrogen) atoms. The lowest BCUT2D eigenvalue weighted by Crippen LogP contribution is -3.00. The second-order valence-corrected chi connectivity index (χ2v) is 7.80. The van der Waals surface area contributed by atoms with Crippen LogP contribution in [0, 0.1) is 0 Å². The molecule has 0 bridgehead atoms. The Kier molecular flexibility index (Phi) is 10.8. The highest BCUT2D eigenvalue weighted by atomic mass is 35.5. The van der Waals surface area contributed by atoms with E-state index in [0.717, 1.165) is 26.1 Å². The lowest BCUT2D eigenvalue weighted by molar-refractivity contribution is -0.870. The maximum atomic E-state index is 5.36. The minimum absolute atomic E-state index is 0. The topological polar surface area (TPSA) is 9.23 Å². The molecular formula is C6H15ClNOSi3. The summed E-state index contributed by atoms with van der Waals surface area (Å²) in [5.41, 5.74) is 0. The first kappa shape index (κ1) is 15.3. The fourth-order valence-electron chi connectivity index (χ4n) is 0.698. The molecule has 0 aliphatic carbocycles. The third-order valence-electron chi connectivity index (χ3n) is 1.20. The van der Waals surface area contributed by atoms with Crippen LogP contribution in [-0.2, 0) is 4.43 Å². The molecule has 0 unspecified atom stereocenters. The van der Waals surface area contributed by atoms with Crippen LogP contribution in [0.1, 0.15) is 6.42 Å². The fraction of sp³-hybridized carbons (Fsp3) is 1.00. The van der Waals surface area contributed by atoms with E-state index >= 15 is 0 Å². The number of hydrogen-bond donors (Lipinski definition) is 0. The molecule has 0 fully saturated rings. The molecule has 0 spiro atoms. The number of quaternary nitrogens is 1. The van der Waals surface area contributed by atoms with Crippen LogP contribution >= 0.6 is 0 Å². The molecular weight excluding hydrogens is 222 g/mol. The van der Waals surface area contributed by atoms with Crippen molar-refractivity contribution < 1.29 is 21.3 Å². The molecule has 0 aliphatic rings. The zero-order chi connectivity index (χ0) is 8.74. The summed E-state index contributed by atoms with van der Waals surface area (Å²) in [5, 5.41) is 0. The predicted molar refractivity (Wildman–Crippen MR) is 50.7 cm³/mol. The number of rotatable bonds is 6. The van der Waals surface area contributed by atoms with Gasteiger partial charge in [0.1, 0.15) is 0 Å². The summed E-state index contributed by atoms with van der Waals surface area (Å²) in [7, 11) is 11.4. The van der Waals surface area contributed by atoms with Crippen molar-refractivity contribution in [2.45, 2.75) is 6.42 Å². The Morgan fingerprint density at radius 1 is 1.33 bits per heavy atom. The number of nitrogens with zero attached hydrogens (tertiary/aromatic N) is 1. The number of halogens is 1. The van der Waals surface area contributed by atoms with E-state index in [1.807, 2.05) is 0 Å². The van der Waals surface area contributed by atoms with Crippen LogP contribution in [0.3, 0.4) is 0 Å². The van der Waals surface area contributed by atoms with Crippen LogP contribution in [0.25, 0.3) is 0 Å². The minimum Gasteiger partial charge on any atom is -1.00 e. The summed E-state index contributed by atoms with van der Waals surface area (Å²) in [6, 6.07) is 0. The first-order valence-electron chi connectivity index (χ1n) is 3.65. The summed E-state index contributed by atoms with van der Waals surface area (Å²) >= 11 is 0. The van der Waals surface area contributed by atoms with E-state index in [9.17, 15) is 0 Å². The van der Waals surface area contributed by atoms with Gasteiger partial charge in [-0.15, -0.1) is 0 Å². The van der Waals surface area contributed by atoms with Gasteiger partial charge in [-0.05, 0) is 0 Å². The third kappa shape index (κ3) is 13.5. The standard InChI is InChI=1S/C6H15NOSi3.ClH/c1-7(2,3)5-4-6-8-10-11-9;/h4-6H2,1-3H3;1H/q+1;/p-1. The Labute approximate surface area is 89.8 Å². The van der Waals surface area contributed by atoms with Crippen molar-refractivity contribution in [1.29, 1.82) is 0 Å². The Hall–Kier alpha value is 0.861. The van der Waals surface area contributed by atoms with E-state index in [1.165, 1.54) is 6.54 Å². The van der Waals surface area contributed by atoms with Gasteiger partial charge >= 0.3 is 0 Å². The smallest absolute Gasteiger partial charge is 0.201 e. The molecule has 69 valence electrons. The van der Waals surface area contributed by atoms with E-state index in [1.54, 1.807) is 0 Å². The Morgan fingerprint density at radius 2 is 1.92 bits per heavy atom.